The molecule has 1 unspecified atom stereocenters. The van der Waals surface area contributed by atoms with Crippen LogP contribution < -0.4 is 9.47 Å². The highest BCUT2D eigenvalue weighted by Crippen LogP contribution is 2.41. The van der Waals surface area contributed by atoms with Gasteiger partial charge in [0.25, 0.3) is 0 Å². The number of carbonyl (C=O) groups is 1. The third kappa shape index (κ3) is 3.85. The van der Waals surface area contributed by atoms with Crippen molar-refractivity contribution in [1.29, 1.82) is 0 Å². The van der Waals surface area contributed by atoms with Gasteiger partial charge in [0, 0.05) is 6.54 Å². The smallest absolute Gasteiger partial charge is 0.233 e. The summed E-state index contributed by atoms with van der Waals surface area (Å²) in [4.78, 5) is 14.2. The summed E-state index contributed by atoms with van der Waals surface area (Å²) in [7, 11) is 3.17. The monoisotopic (exact) mass is 359 g/mol. The fraction of sp³-hybridized carbons (Fsp3) is 0.316. The highest BCUT2D eigenvalue weighted by atomic mass is 32.2. The summed E-state index contributed by atoms with van der Waals surface area (Å²) >= 11 is 1.59. The van der Waals surface area contributed by atoms with Crippen molar-refractivity contribution in [2.75, 3.05) is 26.5 Å². The van der Waals surface area contributed by atoms with Gasteiger partial charge in [-0.25, -0.2) is 0 Å². The zero-order chi connectivity index (χ0) is 17.8. The minimum absolute atomic E-state index is 0.0624. The second kappa shape index (κ2) is 7.70. The number of phenols is 1. The lowest BCUT2D eigenvalue weighted by Crippen LogP contribution is -2.30. The minimum Gasteiger partial charge on any atom is -0.504 e. The van der Waals surface area contributed by atoms with Crippen LogP contribution in [0.25, 0.3) is 0 Å². The van der Waals surface area contributed by atoms with Gasteiger partial charge >= 0.3 is 0 Å². The van der Waals surface area contributed by atoms with Crippen molar-refractivity contribution in [1.82, 2.24) is 4.90 Å². The number of hydrogen-bond donors (Lipinski definition) is 1. The van der Waals surface area contributed by atoms with Gasteiger partial charge in [0.2, 0.25) is 5.91 Å². The van der Waals surface area contributed by atoms with Crippen LogP contribution in [0.3, 0.4) is 0 Å². The van der Waals surface area contributed by atoms with Gasteiger partial charge in [-0.3, -0.25) is 4.79 Å². The minimum atomic E-state index is -0.0624. The Labute approximate surface area is 151 Å². The molecule has 1 aliphatic rings. The number of benzene rings is 2. The summed E-state index contributed by atoms with van der Waals surface area (Å²) in [5, 5.41) is 9.71. The molecular formula is C19H21NO4S. The van der Waals surface area contributed by atoms with Crippen LogP contribution in [-0.4, -0.2) is 42.4 Å². The molecule has 0 bridgehead atoms. The Morgan fingerprint density at radius 1 is 1.20 bits per heavy atom. The third-order valence-corrected chi connectivity index (χ3v) is 5.49. The molecule has 1 N–H and O–H groups in total. The van der Waals surface area contributed by atoms with Crippen LogP contribution in [0, 0.1) is 0 Å². The first-order valence-electron chi connectivity index (χ1n) is 8.03. The normalized spacial score (nSPS) is 17.0. The molecule has 0 saturated carbocycles. The van der Waals surface area contributed by atoms with Gasteiger partial charge < -0.3 is 19.5 Å². The average Bonchev–Trinajstić information content (AvgIpc) is 3.01. The summed E-state index contributed by atoms with van der Waals surface area (Å²) in [6.45, 7) is 0.632. The van der Waals surface area contributed by atoms with Crippen molar-refractivity contribution < 1.29 is 19.4 Å². The largest absolute Gasteiger partial charge is 0.504 e. The molecule has 1 fully saturated rings. The van der Waals surface area contributed by atoms with Crippen LogP contribution in [0.2, 0.25) is 0 Å². The lowest BCUT2D eigenvalue weighted by atomic mass is 10.1. The number of thioether (sulfide) groups is 1. The van der Waals surface area contributed by atoms with Crippen LogP contribution >= 0.6 is 11.8 Å². The maximum Gasteiger partial charge on any atom is 0.233 e. The van der Waals surface area contributed by atoms with Crippen LogP contribution in [-0.2, 0) is 11.2 Å². The molecule has 1 amide bonds. The van der Waals surface area contributed by atoms with Gasteiger partial charge in [-0.05, 0) is 41.8 Å². The molecule has 2 aromatic carbocycles. The van der Waals surface area contributed by atoms with Crippen LogP contribution in [0.5, 0.6) is 17.2 Å². The van der Waals surface area contributed by atoms with Crippen molar-refractivity contribution in [3.8, 4) is 17.2 Å². The molecule has 25 heavy (non-hydrogen) atoms. The highest BCUT2D eigenvalue weighted by Gasteiger charge is 2.32. The Morgan fingerprint density at radius 3 is 2.80 bits per heavy atom. The molecule has 5 nitrogen and oxygen atoms in total. The maximum absolute atomic E-state index is 12.3. The second-order valence-corrected chi connectivity index (χ2v) is 6.85. The van der Waals surface area contributed by atoms with E-state index in [2.05, 4.69) is 0 Å². The number of aromatic hydroxyl groups is 1. The van der Waals surface area contributed by atoms with Crippen molar-refractivity contribution >= 4 is 17.7 Å². The van der Waals surface area contributed by atoms with E-state index in [1.54, 1.807) is 31.0 Å². The molecule has 0 radical (unpaired) electrons. The molecule has 6 heteroatoms. The molecule has 1 heterocycles. The molecule has 132 valence electrons. The maximum atomic E-state index is 12.3. The van der Waals surface area contributed by atoms with E-state index < -0.39 is 0 Å². The SMILES string of the molecule is COc1cccc(CCN2C(=O)CSC2c2ccc(O)c(OC)c2)c1. The molecule has 3 rings (SSSR count). The van der Waals surface area contributed by atoms with Crippen molar-refractivity contribution in [2.24, 2.45) is 0 Å². The molecule has 0 aromatic heterocycles. The molecule has 0 spiro atoms. The van der Waals surface area contributed by atoms with E-state index in [0.29, 0.717) is 18.0 Å². The Kier molecular flexibility index (Phi) is 5.38. The number of carbonyl (C=O) groups excluding carboxylic acids is 1. The van der Waals surface area contributed by atoms with Gasteiger partial charge in [0.15, 0.2) is 11.5 Å². The molecule has 2 aromatic rings. The Morgan fingerprint density at radius 2 is 2.04 bits per heavy atom. The first-order valence-corrected chi connectivity index (χ1v) is 9.08. The number of amides is 1. The lowest BCUT2D eigenvalue weighted by molar-refractivity contribution is -0.128. The van der Waals surface area contributed by atoms with E-state index in [1.807, 2.05) is 35.2 Å². The summed E-state index contributed by atoms with van der Waals surface area (Å²) in [5.74, 6) is 1.93. The van der Waals surface area contributed by atoms with Gasteiger partial charge in [-0.15, -0.1) is 11.8 Å². The zero-order valence-corrected chi connectivity index (χ0v) is 15.1. The van der Waals surface area contributed by atoms with E-state index in [1.165, 1.54) is 7.11 Å². The third-order valence-electron chi connectivity index (χ3n) is 4.23. The first-order chi connectivity index (χ1) is 12.1. The number of phenolic OH excluding ortho intramolecular Hbond substituents is 1. The standard InChI is InChI=1S/C19H21NO4S/c1-23-15-5-3-4-13(10-15)8-9-20-18(22)12-25-19(20)14-6-7-16(21)17(11-14)24-2/h3-7,10-11,19,21H,8-9,12H2,1-2H3. The van der Waals surface area contributed by atoms with Gasteiger partial charge in [0.05, 0.1) is 20.0 Å². The lowest BCUT2D eigenvalue weighted by Gasteiger charge is -2.24. The molecule has 0 aliphatic carbocycles. The van der Waals surface area contributed by atoms with Crippen molar-refractivity contribution in [3.05, 3.63) is 53.6 Å². The summed E-state index contributed by atoms with van der Waals surface area (Å²) in [6.07, 6.45) is 0.759. The number of ether oxygens (including phenoxy) is 2. The van der Waals surface area contributed by atoms with Crippen molar-refractivity contribution in [3.63, 3.8) is 0 Å². The number of nitrogens with zero attached hydrogens (tertiary/aromatic N) is 1. The predicted molar refractivity (Wildman–Crippen MR) is 98.3 cm³/mol. The van der Waals surface area contributed by atoms with Gasteiger partial charge in [-0.2, -0.15) is 0 Å². The fourth-order valence-corrected chi connectivity index (χ4v) is 4.11. The van der Waals surface area contributed by atoms with Crippen LogP contribution in [0.1, 0.15) is 16.5 Å². The quantitative estimate of drug-likeness (QED) is 0.858. The predicted octanol–water partition coefficient (Wildman–Crippen LogP) is 3.23. The Bertz CT molecular complexity index is 765. The Hall–Kier alpha value is -2.34. The summed E-state index contributed by atoms with van der Waals surface area (Å²) < 4.78 is 10.4. The Balaban J connectivity index is 1.75. The second-order valence-electron chi connectivity index (χ2n) is 5.78. The summed E-state index contributed by atoms with van der Waals surface area (Å²) in [5.41, 5.74) is 2.09. The van der Waals surface area contributed by atoms with Crippen LogP contribution in [0.15, 0.2) is 42.5 Å². The molecule has 1 saturated heterocycles. The van der Waals surface area contributed by atoms with Gasteiger partial charge in [0.1, 0.15) is 11.1 Å². The van der Waals surface area contributed by atoms with E-state index in [-0.39, 0.29) is 17.0 Å². The van der Waals surface area contributed by atoms with E-state index >= 15 is 0 Å². The first kappa shape index (κ1) is 17.5. The topological polar surface area (TPSA) is 59.0 Å². The number of methoxy groups -OCH3 is 2. The van der Waals surface area contributed by atoms with E-state index in [4.69, 9.17) is 9.47 Å². The van der Waals surface area contributed by atoms with Crippen LogP contribution in [0.4, 0.5) is 0 Å². The van der Waals surface area contributed by atoms with E-state index in [9.17, 15) is 9.90 Å². The number of hydrogen-bond acceptors (Lipinski definition) is 5. The molecular weight excluding hydrogens is 338 g/mol. The highest BCUT2D eigenvalue weighted by molar-refractivity contribution is 8.00. The van der Waals surface area contributed by atoms with Crippen molar-refractivity contribution in [2.45, 2.75) is 11.8 Å². The van der Waals surface area contributed by atoms with E-state index in [0.717, 1.165) is 23.3 Å². The van der Waals surface area contributed by atoms with Gasteiger partial charge in [-0.1, -0.05) is 18.2 Å². The fourth-order valence-electron chi connectivity index (χ4n) is 2.90. The molecule has 1 atom stereocenters. The molecule has 1 aliphatic heterocycles. The average molecular weight is 359 g/mol. The number of rotatable bonds is 6. The zero-order valence-electron chi connectivity index (χ0n) is 14.3. The summed E-state index contributed by atoms with van der Waals surface area (Å²) in [6, 6.07) is 13.1.